The Morgan fingerprint density at radius 3 is 2.04 bits per heavy atom. The summed E-state index contributed by atoms with van der Waals surface area (Å²) >= 11 is 0. The second-order valence-corrected chi connectivity index (χ2v) is 8.89. The Hall–Kier alpha value is -0.670. The van der Waals surface area contributed by atoms with Crippen molar-refractivity contribution >= 4 is 7.60 Å². The van der Waals surface area contributed by atoms with Crippen LogP contribution in [0.2, 0.25) is 0 Å². The van der Waals surface area contributed by atoms with Gasteiger partial charge in [0.25, 0.3) is 0 Å². The Kier molecular flexibility index (Phi) is 12.9. The first-order chi connectivity index (χ1) is 12.7. The van der Waals surface area contributed by atoms with Crippen LogP contribution in [-0.2, 0) is 20.2 Å². The zero-order chi connectivity index (χ0) is 19.1. The van der Waals surface area contributed by atoms with E-state index in [0.29, 0.717) is 19.8 Å². The molecule has 26 heavy (non-hydrogen) atoms. The quantitative estimate of drug-likeness (QED) is 0.261. The van der Waals surface area contributed by atoms with Crippen molar-refractivity contribution in [2.75, 3.05) is 13.2 Å². The lowest BCUT2D eigenvalue weighted by Gasteiger charge is -2.27. The minimum Gasteiger partial charge on any atom is -0.308 e. The Bertz CT molecular complexity index is 485. The van der Waals surface area contributed by atoms with Crippen LogP contribution < -0.4 is 5.32 Å². The number of nitrogens with one attached hydrogen (secondary N) is 1. The summed E-state index contributed by atoms with van der Waals surface area (Å²) in [6, 6.07) is 10.2. The van der Waals surface area contributed by atoms with Crippen molar-refractivity contribution in [3.8, 4) is 0 Å². The Morgan fingerprint density at radius 1 is 0.885 bits per heavy atom. The summed E-state index contributed by atoms with van der Waals surface area (Å²) in [7, 11) is -3.14. The minimum atomic E-state index is -3.14. The van der Waals surface area contributed by atoms with Gasteiger partial charge in [-0.3, -0.25) is 9.88 Å². The van der Waals surface area contributed by atoms with Crippen molar-refractivity contribution < 1.29 is 13.6 Å². The first kappa shape index (κ1) is 23.4. The summed E-state index contributed by atoms with van der Waals surface area (Å²) < 4.78 is 24.4. The molecular weight excluding hydrogens is 345 g/mol. The molecule has 0 aliphatic heterocycles. The highest BCUT2D eigenvalue weighted by molar-refractivity contribution is 7.54. The molecule has 0 bridgehead atoms. The van der Waals surface area contributed by atoms with Gasteiger partial charge in [-0.25, -0.2) is 0 Å². The largest absolute Gasteiger partial charge is 0.347 e. The molecule has 1 N–H and O–H groups in total. The van der Waals surface area contributed by atoms with Crippen molar-refractivity contribution in [1.29, 1.82) is 0 Å². The molecule has 0 spiro atoms. The van der Waals surface area contributed by atoms with E-state index >= 15 is 0 Å². The van der Waals surface area contributed by atoms with Crippen molar-refractivity contribution in [2.45, 2.75) is 84.5 Å². The van der Waals surface area contributed by atoms with Gasteiger partial charge in [0, 0.05) is 6.54 Å². The maximum atomic E-state index is 13.2. The maximum absolute atomic E-state index is 13.2. The lowest BCUT2D eigenvalue weighted by Crippen LogP contribution is -2.30. The van der Waals surface area contributed by atoms with Crippen LogP contribution in [-0.4, -0.2) is 19.0 Å². The minimum absolute atomic E-state index is 0.252. The molecule has 1 atom stereocenters. The van der Waals surface area contributed by atoms with Crippen molar-refractivity contribution in [3.05, 3.63) is 35.9 Å². The van der Waals surface area contributed by atoms with Crippen LogP contribution in [0, 0.1) is 0 Å². The molecule has 0 saturated heterocycles. The van der Waals surface area contributed by atoms with Crippen LogP contribution in [0.15, 0.2) is 30.3 Å². The lowest BCUT2D eigenvalue weighted by atomic mass is 10.1. The maximum Gasteiger partial charge on any atom is 0.347 e. The summed E-state index contributed by atoms with van der Waals surface area (Å²) in [5, 5.41) is 3.44. The Labute approximate surface area is 160 Å². The van der Waals surface area contributed by atoms with Crippen LogP contribution in [0.3, 0.4) is 0 Å². The van der Waals surface area contributed by atoms with Crippen LogP contribution in [0.25, 0.3) is 0 Å². The summed E-state index contributed by atoms with van der Waals surface area (Å²) in [5.74, 6) is -0.252. The third kappa shape index (κ3) is 9.32. The number of hydrogen-bond acceptors (Lipinski definition) is 4. The number of unbranched alkanes of at least 4 members (excludes halogenated alkanes) is 6. The molecular formula is C21H38NO3P. The first-order valence-corrected chi connectivity index (χ1v) is 11.9. The first-order valence-electron chi connectivity index (χ1n) is 10.3. The van der Waals surface area contributed by atoms with Gasteiger partial charge in [-0.2, -0.15) is 0 Å². The molecule has 0 fully saturated rings. The third-order valence-corrected chi connectivity index (χ3v) is 6.91. The molecule has 4 nitrogen and oxygen atoms in total. The molecule has 0 amide bonds. The highest BCUT2D eigenvalue weighted by Gasteiger charge is 2.34. The average molecular weight is 384 g/mol. The average Bonchev–Trinajstić information content (AvgIpc) is 2.64. The molecule has 1 rings (SSSR count). The van der Waals surface area contributed by atoms with Gasteiger partial charge in [0.2, 0.25) is 0 Å². The highest BCUT2D eigenvalue weighted by Crippen LogP contribution is 2.53. The molecule has 0 heterocycles. The van der Waals surface area contributed by atoms with Crippen molar-refractivity contribution in [1.82, 2.24) is 5.32 Å². The SMILES string of the molecule is CCCCCCCCCC(NCc1ccccc1)P(=O)(OCC)OCC. The summed E-state index contributed by atoms with van der Waals surface area (Å²) in [6.07, 6.45) is 9.50. The highest BCUT2D eigenvalue weighted by atomic mass is 31.2. The molecule has 0 saturated carbocycles. The molecule has 0 aromatic heterocycles. The number of benzene rings is 1. The van der Waals surface area contributed by atoms with Gasteiger partial charge < -0.3 is 9.05 Å². The van der Waals surface area contributed by atoms with Crippen LogP contribution in [0.1, 0.15) is 77.7 Å². The van der Waals surface area contributed by atoms with E-state index in [2.05, 4.69) is 24.4 Å². The number of rotatable bonds is 16. The van der Waals surface area contributed by atoms with Gasteiger partial charge in [0.05, 0.1) is 13.2 Å². The fraction of sp³-hybridized carbons (Fsp3) is 0.714. The van der Waals surface area contributed by atoms with Crippen molar-refractivity contribution in [2.24, 2.45) is 0 Å². The fourth-order valence-corrected chi connectivity index (χ4v) is 5.04. The second-order valence-electron chi connectivity index (χ2n) is 6.67. The van der Waals surface area contributed by atoms with Gasteiger partial charge >= 0.3 is 7.60 Å². The van der Waals surface area contributed by atoms with Gasteiger partial charge in [-0.05, 0) is 25.8 Å². The molecule has 150 valence electrons. The van der Waals surface area contributed by atoms with Gasteiger partial charge in [0.1, 0.15) is 5.78 Å². The van der Waals surface area contributed by atoms with Gasteiger partial charge in [-0.15, -0.1) is 0 Å². The molecule has 0 aliphatic carbocycles. The van der Waals surface area contributed by atoms with Gasteiger partial charge in [0.15, 0.2) is 0 Å². The number of hydrogen-bond donors (Lipinski definition) is 1. The van der Waals surface area contributed by atoms with E-state index in [0.717, 1.165) is 12.8 Å². The van der Waals surface area contributed by atoms with E-state index < -0.39 is 7.60 Å². The molecule has 0 radical (unpaired) electrons. The van der Waals surface area contributed by atoms with E-state index in [1.54, 1.807) is 0 Å². The predicted octanol–water partition coefficient (Wildman–Crippen LogP) is 6.51. The molecule has 1 unspecified atom stereocenters. The smallest absolute Gasteiger partial charge is 0.308 e. The van der Waals surface area contributed by atoms with E-state index in [4.69, 9.17) is 9.05 Å². The predicted molar refractivity (Wildman–Crippen MR) is 111 cm³/mol. The van der Waals surface area contributed by atoms with E-state index in [9.17, 15) is 4.57 Å². The molecule has 0 aliphatic rings. The molecule has 1 aromatic rings. The normalized spacial score (nSPS) is 13.0. The van der Waals surface area contributed by atoms with E-state index in [-0.39, 0.29) is 5.78 Å². The van der Waals surface area contributed by atoms with Crippen LogP contribution in [0.4, 0.5) is 0 Å². The second kappa shape index (κ2) is 14.4. The van der Waals surface area contributed by atoms with Crippen LogP contribution in [0.5, 0.6) is 0 Å². The van der Waals surface area contributed by atoms with Crippen molar-refractivity contribution in [3.63, 3.8) is 0 Å². The van der Waals surface area contributed by atoms with Gasteiger partial charge in [-0.1, -0.05) is 82.2 Å². The summed E-state index contributed by atoms with van der Waals surface area (Å²) in [6.45, 7) is 7.45. The topological polar surface area (TPSA) is 47.6 Å². The zero-order valence-electron chi connectivity index (χ0n) is 16.9. The monoisotopic (exact) mass is 383 g/mol. The summed E-state index contributed by atoms with van der Waals surface area (Å²) in [4.78, 5) is 0. The molecule has 5 heteroatoms. The Morgan fingerprint density at radius 2 is 1.46 bits per heavy atom. The van der Waals surface area contributed by atoms with E-state index in [1.165, 1.54) is 44.1 Å². The fourth-order valence-electron chi connectivity index (χ4n) is 3.08. The zero-order valence-corrected chi connectivity index (χ0v) is 17.8. The lowest BCUT2D eigenvalue weighted by molar-refractivity contribution is 0.204. The Balaban J connectivity index is 2.57. The van der Waals surface area contributed by atoms with E-state index in [1.807, 2.05) is 32.0 Å². The third-order valence-electron chi connectivity index (χ3n) is 4.47. The molecule has 1 aromatic carbocycles. The standard InChI is InChI=1S/C21H38NO3P/c1-4-7-8-9-10-11-15-18-21(26(23,24-5-2)25-6-3)22-19-20-16-13-12-14-17-20/h12-14,16-17,21-22H,4-11,15,18-19H2,1-3H3. The van der Waals surface area contributed by atoms with Crippen LogP contribution >= 0.6 is 7.60 Å². The summed E-state index contributed by atoms with van der Waals surface area (Å²) in [5.41, 5.74) is 1.18.